The summed E-state index contributed by atoms with van der Waals surface area (Å²) in [5.74, 6) is 2.82. The fraction of sp³-hybridized carbons (Fsp3) is 1.00. The van der Waals surface area contributed by atoms with Crippen LogP contribution in [0.15, 0.2) is 0 Å². The Labute approximate surface area is 86.0 Å². The second kappa shape index (κ2) is 2.10. The first kappa shape index (κ1) is 8.59. The Hall–Kier alpha value is 0.290. The highest BCUT2D eigenvalue weighted by Crippen LogP contribution is 2.80. The molecule has 0 radical (unpaired) electrons. The number of hydrogen-bond donors (Lipinski definition) is 0. The average Bonchev–Trinajstić information content (AvgIpc) is 2.73. The van der Waals surface area contributed by atoms with Gasteiger partial charge in [-0.15, -0.1) is 11.6 Å². The minimum Gasteiger partial charge on any atom is -0.122 e. The zero-order valence-electron chi connectivity index (χ0n) is 8.81. The van der Waals surface area contributed by atoms with Crippen LogP contribution < -0.4 is 0 Å². The zero-order valence-corrected chi connectivity index (χ0v) is 9.56. The summed E-state index contributed by atoms with van der Waals surface area (Å²) in [7, 11) is 0. The van der Waals surface area contributed by atoms with Crippen LogP contribution in [-0.2, 0) is 0 Å². The minimum atomic E-state index is 0.522. The van der Waals surface area contributed by atoms with Gasteiger partial charge in [0.15, 0.2) is 0 Å². The number of alkyl halides is 1. The van der Waals surface area contributed by atoms with Gasteiger partial charge in [0.25, 0.3) is 0 Å². The van der Waals surface area contributed by atoms with E-state index in [2.05, 4.69) is 20.8 Å². The predicted octanol–water partition coefficient (Wildman–Crippen LogP) is 3.69. The molecule has 2 bridgehead atoms. The Morgan fingerprint density at radius 3 is 2.46 bits per heavy atom. The molecular formula is C12H19Cl. The molecule has 0 nitrogen and oxygen atoms in total. The van der Waals surface area contributed by atoms with E-state index in [0.29, 0.717) is 16.2 Å². The van der Waals surface area contributed by atoms with Crippen LogP contribution >= 0.6 is 11.6 Å². The highest BCUT2D eigenvalue weighted by atomic mass is 35.5. The molecule has 4 aliphatic carbocycles. The smallest absolute Gasteiger partial charge is 0.0432 e. The number of halogens is 1. The van der Waals surface area contributed by atoms with E-state index >= 15 is 0 Å². The van der Waals surface area contributed by atoms with Crippen LogP contribution in [0.2, 0.25) is 0 Å². The molecule has 0 spiro atoms. The summed E-state index contributed by atoms with van der Waals surface area (Å²) in [4.78, 5) is 0. The summed E-state index contributed by atoms with van der Waals surface area (Å²) in [6, 6.07) is 0. The summed E-state index contributed by atoms with van der Waals surface area (Å²) in [5, 5.41) is 0.522. The highest BCUT2D eigenvalue weighted by molar-refractivity contribution is 6.23. The number of rotatable bonds is 1. The SMILES string of the molecule is CCC12C(Cl)C1CC1CC2C1(C)C. The van der Waals surface area contributed by atoms with Crippen molar-refractivity contribution in [3.8, 4) is 0 Å². The summed E-state index contributed by atoms with van der Waals surface area (Å²) in [5.41, 5.74) is 1.18. The Balaban J connectivity index is 1.97. The fourth-order valence-electron chi connectivity index (χ4n) is 4.62. The van der Waals surface area contributed by atoms with Gasteiger partial charge in [-0.05, 0) is 47.8 Å². The van der Waals surface area contributed by atoms with Gasteiger partial charge in [0.1, 0.15) is 0 Å². The van der Waals surface area contributed by atoms with Crippen LogP contribution in [0.25, 0.3) is 0 Å². The Morgan fingerprint density at radius 1 is 1.31 bits per heavy atom. The molecule has 0 aromatic heterocycles. The first-order valence-corrected chi connectivity index (χ1v) is 6.13. The number of hydrogen-bond acceptors (Lipinski definition) is 0. The lowest BCUT2D eigenvalue weighted by Crippen LogP contribution is -2.53. The molecule has 0 heterocycles. The first-order valence-electron chi connectivity index (χ1n) is 5.69. The topological polar surface area (TPSA) is 0 Å². The normalized spacial score (nSPS) is 60.9. The molecule has 4 rings (SSSR count). The van der Waals surface area contributed by atoms with Crippen LogP contribution in [0.1, 0.15) is 40.0 Å². The van der Waals surface area contributed by atoms with E-state index in [0.717, 1.165) is 17.8 Å². The first-order chi connectivity index (χ1) is 6.05. The zero-order chi connectivity index (χ0) is 9.43. The lowest BCUT2D eigenvalue weighted by atomic mass is 9.45. The van der Waals surface area contributed by atoms with Gasteiger partial charge in [0.05, 0.1) is 0 Å². The molecule has 0 amide bonds. The molecule has 4 fully saturated rings. The molecule has 4 saturated carbocycles. The van der Waals surface area contributed by atoms with Crippen LogP contribution in [0.3, 0.4) is 0 Å². The lowest BCUT2D eigenvalue weighted by Gasteiger charge is -2.60. The maximum atomic E-state index is 6.46. The molecule has 0 aromatic rings. The molecule has 5 atom stereocenters. The minimum absolute atomic E-state index is 0.522. The molecule has 0 aliphatic heterocycles. The monoisotopic (exact) mass is 198 g/mol. The van der Waals surface area contributed by atoms with Crippen LogP contribution in [0.4, 0.5) is 0 Å². The maximum absolute atomic E-state index is 6.46. The van der Waals surface area contributed by atoms with Crippen molar-refractivity contribution in [3.63, 3.8) is 0 Å². The molecular weight excluding hydrogens is 180 g/mol. The van der Waals surface area contributed by atoms with Crippen molar-refractivity contribution in [2.75, 3.05) is 0 Å². The third-order valence-corrected chi connectivity index (χ3v) is 6.43. The van der Waals surface area contributed by atoms with E-state index in [1.165, 1.54) is 19.3 Å². The second-order valence-electron chi connectivity index (χ2n) is 6.02. The van der Waals surface area contributed by atoms with Crippen molar-refractivity contribution < 1.29 is 0 Å². The molecule has 0 aromatic carbocycles. The van der Waals surface area contributed by atoms with Crippen molar-refractivity contribution in [1.29, 1.82) is 0 Å². The third-order valence-electron chi connectivity index (χ3n) is 5.72. The summed E-state index contributed by atoms with van der Waals surface area (Å²) >= 11 is 6.46. The highest BCUT2D eigenvalue weighted by Gasteiger charge is 2.76. The molecule has 0 saturated heterocycles. The van der Waals surface area contributed by atoms with Gasteiger partial charge >= 0.3 is 0 Å². The summed E-state index contributed by atoms with van der Waals surface area (Å²) in [6.45, 7) is 7.26. The largest absolute Gasteiger partial charge is 0.122 e. The fourth-order valence-corrected chi connectivity index (χ4v) is 5.35. The maximum Gasteiger partial charge on any atom is 0.0432 e. The van der Waals surface area contributed by atoms with E-state index in [1.807, 2.05) is 0 Å². The van der Waals surface area contributed by atoms with E-state index in [-0.39, 0.29) is 0 Å². The average molecular weight is 199 g/mol. The van der Waals surface area contributed by atoms with Gasteiger partial charge in [-0.25, -0.2) is 0 Å². The van der Waals surface area contributed by atoms with Crippen LogP contribution in [0.5, 0.6) is 0 Å². The van der Waals surface area contributed by atoms with E-state index in [4.69, 9.17) is 11.6 Å². The molecule has 4 aliphatic rings. The quantitative estimate of drug-likeness (QED) is 0.564. The standard InChI is InChI=1S/C12H19Cl/c1-4-12-8(10(12)13)5-7-6-9(12)11(7,2)3/h7-10H,4-6H2,1-3H3. The molecule has 0 N–H and O–H groups in total. The Morgan fingerprint density at radius 2 is 2.00 bits per heavy atom. The van der Waals surface area contributed by atoms with Crippen LogP contribution in [0, 0.1) is 28.6 Å². The molecule has 5 unspecified atom stereocenters. The molecule has 1 heteroatoms. The van der Waals surface area contributed by atoms with Crippen LogP contribution in [-0.4, -0.2) is 5.38 Å². The third kappa shape index (κ3) is 0.694. The Bertz CT molecular complexity index is 258. The summed E-state index contributed by atoms with van der Waals surface area (Å²) < 4.78 is 0. The van der Waals surface area contributed by atoms with Crippen molar-refractivity contribution in [2.24, 2.45) is 28.6 Å². The van der Waals surface area contributed by atoms with Gasteiger partial charge in [0, 0.05) is 5.38 Å². The van der Waals surface area contributed by atoms with E-state index in [9.17, 15) is 0 Å². The van der Waals surface area contributed by atoms with Crippen molar-refractivity contribution in [3.05, 3.63) is 0 Å². The molecule has 13 heavy (non-hydrogen) atoms. The Kier molecular flexibility index (Phi) is 1.39. The van der Waals surface area contributed by atoms with Gasteiger partial charge in [-0.3, -0.25) is 0 Å². The van der Waals surface area contributed by atoms with E-state index in [1.54, 1.807) is 0 Å². The summed E-state index contributed by atoms with van der Waals surface area (Å²) in [6.07, 6.45) is 4.21. The van der Waals surface area contributed by atoms with Gasteiger partial charge in [-0.1, -0.05) is 20.8 Å². The van der Waals surface area contributed by atoms with Gasteiger partial charge < -0.3 is 0 Å². The predicted molar refractivity (Wildman–Crippen MR) is 55.9 cm³/mol. The molecule has 74 valence electrons. The van der Waals surface area contributed by atoms with Gasteiger partial charge in [-0.2, -0.15) is 0 Å². The van der Waals surface area contributed by atoms with Crippen molar-refractivity contribution in [2.45, 2.75) is 45.4 Å². The lowest BCUT2D eigenvalue weighted by molar-refractivity contribution is -0.113. The second-order valence-corrected chi connectivity index (χ2v) is 6.49. The van der Waals surface area contributed by atoms with Crippen molar-refractivity contribution >= 4 is 11.6 Å². The van der Waals surface area contributed by atoms with Crippen molar-refractivity contribution in [1.82, 2.24) is 0 Å². The van der Waals surface area contributed by atoms with Gasteiger partial charge in [0.2, 0.25) is 0 Å². The van der Waals surface area contributed by atoms with E-state index < -0.39 is 0 Å².